The van der Waals surface area contributed by atoms with Crippen molar-refractivity contribution < 1.29 is 0 Å². The van der Waals surface area contributed by atoms with E-state index in [1.807, 2.05) is 0 Å². The molecule has 1 radical (unpaired) electrons. The van der Waals surface area contributed by atoms with Crippen LogP contribution in [0.4, 0.5) is 0 Å². The van der Waals surface area contributed by atoms with Gasteiger partial charge in [0.2, 0.25) is 0 Å². The van der Waals surface area contributed by atoms with E-state index in [1.165, 1.54) is 96.3 Å². The number of hydrogen-bond acceptors (Lipinski definition) is 0. The molecule has 0 N–H and O–H groups in total. The fourth-order valence-corrected chi connectivity index (χ4v) is 3.24. The lowest BCUT2D eigenvalue weighted by atomic mass is 9.63. The van der Waals surface area contributed by atoms with Crippen molar-refractivity contribution in [3.63, 3.8) is 0 Å². The Kier molecular flexibility index (Phi) is 10.9. The maximum absolute atomic E-state index is 2.46. The first-order valence-electron chi connectivity index (χ1n) is 8.73. The summed E-state index contributed by atoms with van der Waals surface area (Å²) in [4.78, 5) is 0. The Balaban J connectivity index is 2.15. The van der Waals surface area contributed by atoms with Crippen LogP contribution in [0.2, 0.25) is 12.6 Å². The van der Waals surface area contributed by atoms with Crippen molar-refractivity contribution in [1.82, 2.24) is 0 Å². The summed E-state index contributed by atoms with van der Waals surface area (Å²) >= 11 is 0. The second-order valence-electron chi connectivity index (χ2n) is 6.27. The quantitative estimate of drug-likeness (QED) is 0.472. The topological polar surface area (TPSA) is 0 Å². The van der Waals surface area contributed by atoms with Crippen LogP contribution in [0.5, 0.6) is 0 Å². The molecule has 0 aliphatic heterocycles. The molecule has 0 aromatic heterocycles. The van der Waals surface area contributed by atoms with Gasteiger partial charge in [-0.25, -0.2) is 0 Å². The van der Waals surface area contributed by atoms with Crippen molar-refractivity contribution >= 4 is 7.28 Å². The molecule has 1 aliphatic rings. The smallest absolute Gasteiger partial charge is 0.0917 e. The van der Waals surface area contributed by atoms with Gasteiger partial charge in [-0.3, -0.25) is 0 Å². The molecule has 0 atom stereocenters. The summed E-state index contributed by atoms with van der Waals surface area (Å²) < 4.78 is 0. The molecule has 0 spiro atoms. The summed E-state index contributed by atoms with van der Waals surface area (Å²) in [6, 6.07) is 0. The third-order valence-corrected chi connectivity index (χ3v) is 4.62. The molecule has 0 amide bonds. The Labute approximate surface area is 117 Å². The summed E-state index contributed by atoms with van der Waals surface area (Å²) in [7, 11) is 2.46. The van der Waals surface area contributed by atoms with E-state index in [0.29, 0.717) is 0 Å². The average Bonchev–Trinajstić information content (AvgIpc) is 2.39. The Bertz CT molecular complexity index is 151. The minimum absolute atomic E-state index is 0.915. The third-order valence-electron chi connectivity index (χ3n) is 4.62. The van der Waals surface area contributed by atoms with Crippen LogP contribution in [0.25, 0.3) is 0 Å². The summed E-state index contributed by atoms with van der Waals surface area (Å²) in [6.07, 6.45) is 22.2. The minimum atomic E-state index is 0.915. The highest BCUT2D eigenvalue weighted by Crippen LogP contribution is 2.23. The van der Waals surface area contributed by atoms with E-state index in [9.17, 15) is 0 Å². The molecule has 1 aliphatic carbocycles. The van der Waals surface area contributed by atoms with Crippen LogP contribution in [0, 0.1) is 0 Å². The predicted molar refractivity (Wildman–Crippen MR) is 84.6 cm³/mol. The van der Waals surface area contributed by atoms with Gasteiger partial charge < -0.3 is 0 Å². The normalized spacial score (nSPS) is 23.6. The lowest BCUT2D eigenvalue weighted by Gasteiger charge is -2.14. The maximum atomic E-state index is 2.46. The van der Waals surface area contributed by atoms with Gasteiger partial charge in [-0.05, 0) is 0 Å². The summed E-state index contributed by atoms with van der Waals surface area (Å²) in [5, 5.41) is 0. The maximum Gasteiger partial charge on any atom is 0.110 e. The molecule has 1 saturated carbocycles. The van der Waals surface area contributed by atoms with Crippen LogP contribution in [-0.2, 0) is 0 Å². The van der Waals surface area contributed by atoms with Crippen molar-refractivity contribution in [2.45, 2.75) is 109 Å². The minimum Gasteiger partial charge on any atom is -0.0917 e. The number of rotatable bonds is 1. The van der Waals surface area contributed by atoms with Crippen LogP contribution in [-0.4, -0.2) is 7.28 Å². The molecule has 1 heteroatoms. The van der Waals surface area contributed by atoms with E-state index in [4.69, 9.17) is 0 Å². The second kappa shape index (κ2) is 12.1. The standard InChI is InChI=1S/C17H34B/c1-18-17-15-13-11-9-7-5-3-2-4-6-8-10-12-14-16-17/h17H,2-16H2,1H3. The average molecular weight is 249 g/mol. The Morgan fingerprint density at radius 2 is 0.778 bits per heavy atom. The molecule has 1 rings (SSSR count). The molecular formula is C17H34B. The van der Waals surface area contributed by atoms with Crippen molar-refractivity contribution in [2.75, 3.05) is 0 Å². The first-order chi connectivity index (χ1) is 8.93. The van der Waals surface area contributed by atoms with Crippen LogP contribution >= 0.6 is 0 Å². The van der Waals surface area contributed by atoms with Gasteiger partial charge in [0, 0.05) is 0 Å². The van der Waals surface area contributed by atoms with Crippen LogP contribution in [0.1, 0.15) is 96.3 Å². The fourth-order valence-electron chi connectivity index (χ4n) is 3.24. The number of hydrogen-bond donors (Lipinski definition) is 0. The molecule has 0 unspecified atom stereocenters. The van der Waals surface area contributed by atoms with Crippen LogP contribution < -0.4 is 0 Å². The van der Waals surface area contributed by atoms with Crippen LogP contribution in [0.3, 0.4) is 0 Å². The molecule has 0 aromatic rings. The van der Waals surface area contributed by atoms with Crippen molar-refractivity contribution in [2.24, 2.45) is 0 Å². The molecule has 0 saturated heterocycles. The SMILES string of the molecule is C[B]C1CCCCCCCCCCCCCCC1. The van der Waals surface area contributed by atoms with Gasteiger partial charge in [0.15, 0.2) is 0 Å². The summed E-state index contributed by atoms with van der Waals surface area (Å²) in [6.45, 7) is 2.27. The highest BCUT2D eigenvalue weighted by atomic mass is 14.1. The highest BCUT2D eigenvalue weighted by Gasteiger charge is 2.06. The van der Waals surface area contributed by atoms with Gasteiger partial charge in [-0.2, -0.15) is 0 Å². The van der Waals surface area contributed by atoms with Gasteiger partial charge in [0.05, 0.1) is 0 Å². The van der Waals surface area contributed by atoms with E-state index < -0.39 is 0 Å². The highest BCUT2D eigenvalue weighted by molar-refractivity contribution is 6.35. The van der Waals surface area contributed by atoms with Crippen molar-refractivity contribution in [3.05, 3.63) is 0 Å². The van der Waals surface area contributed by atoms with E-state index in [-0.39, 0.29) is 0 Å². The molecular weight excluding hydrogens is 215 g/mol. The lowest BCUT2D eigenvalue weighted by Crippen LogP contribution is -2.00. The summed E-state index contributed by atoms with van der Waals surface area (Å²) in [5.74, 6) is 0.915. The molecule has 1 fully saturated rings. The Hall–Kier alpha value is 0.0649. The zero-order chi connectivity index (χ0) is 12.9. The van der Waals surface area contributed by atoms with E-state index in [0.717, 1.165) is 5.82 Å². The van der Waals surface area contributed by atoms with E-state index in [2.05, 4.69) is 14.1 Å². The van der Waals surface area contributed by atoms with Gasteiger partial charge in [-0.15, -0.1) is 0 Å². The van der Waals surface area contributed by atoms with Crippen molar-refractivity contribution in [1.29, 1.82) is 0 Å². The fraction of sp³-hybridized carbons (Fsp3) is 1.00. The lowest BCUT2D eigenvalue weighted by molar-refractivity contribution is 0.503. The third kappa shape index (κ3) is 9.06. The largest absolute Gasteiger partial charge is 0.110 e. The molecule has 0 heterocycles. The molecule has 0 bridgehead atoms. The molecule has 0 aromatic carbocycles. The van der Waals surface area contributed by atoms with Gasteiger partial charge >= 0.3 is 0 Å². The first-order valence-corrected chi connectivity index (χ1v) is 8.73. The molecule has 105 valence electrons. The summed E-state index contributed by atoms with van der Waals surface area (Å²) in [5.41, 5.74) is 0. The van der Waals surface area contributed by atoms with Gasteiger partial charge in [-0.1, -0.05) is 109 Å². The molecule has 0 nitrogen and oxygen atoms in total. The molecule has 18 heavy (non-hydrogen) atoms. The Morgan fingerprint density at radius 1 is 0.500 bits per heavy atom. The zero-order valence-corrected chi connectivity index (χ0v) is 12.8. The second-order valence-corrected chi connectivity index (χ2v) is 6.27. The van der Waals surface area contributed by atoms with E-state index >= 15 is 0 Å². The van der Waals surface area contributed by atoms with E-state index in [1.54, 1.807) is 0 Å². The van der Waals surface area contributed by atoms with Crippen molar-refractivity contribution in [3.8, 4) is 0 Å². The first kappa shape index (κ1) is 16.1. The predicted octanol–water partition coefficient (Wildman–Crippen LogP) is 6.39. The van der Waals surface area contributed by atoms with Gasteiger partial charge in [0.1, 0.15) is 7.28 Å². The van der Waals surface area contributed by atoms with Gasteiger partial charge in [0.25, 0.3) is 0 Å². The van der Waals surface area contributed by atoms with Crippen LogP contribution in [0.15, 0.2) is 0 Å². The monoisotopic (exact) mass is 249 g/mol. The Morgan fingerprint density at radius 3 is 1.06 bits per heavy atom. The zero-order valence-electron chi connectivity index (χ0n) is 12.8.